The van der Waals surface area contributed by atoms with E-state index in [0.717, 1.165) is 19.4 Å². The highest BCUT2D eigenvalue weighted by atomic mass is 32.2. The summed E-state index contributed by atoms with van der Waals surface area (Å²) in [6, 6.07) is 14.8. The van der Waals surface area contributed by atoms with Crippen LogP contribution in [-0.2, 0) is 14.8 Å². The van der Waals surface area contributed by atoms with Gasteiger partial charge in [0.2, 0.25) is 0 Å². The van der Waals surface area contributed by atoms with Crippen LogP contribution >= 0.6 is 0 Å². The average Bonchev–Trinajstić information content (AvgIpc) is 3.20. The van der Waals surface area contributed by atoms with Crippen LogP contribution < -0.4 is 9.62 Å². The molecule has 0 radical (unpaired) electrons. The standard InChI is InChI=1S/C19H22N2O4S/c1-21(16-6-3-2-4-7-16)26(23,24)18-11-9-15(10-12-18)19(22)20-14-17-8-5-13-25-17/h2-4,6-7,9-12,17H,5,8,13-14H2,1H3,(H,20,22)/t17-/m0/s1. The van der Waals surface area contributed by atoms with Gasteiger partial charge >= 0.3 is 0 Å². The van der Waals surface area contributed by atoms with Gasteiger partial charge in [0.25, 0.3) is 15.9 Å². The molecule has 7 heteroatoms. The van der Waals surface area contributed by atoms with E-state index in [1.54, 1.807) is 24.3 Å². The number of carbonyl (C=O) groups excluding carboxylic acids is 1. The van der Waals surface area contributed by atoms with Crippen molar-refractivity contribution in [3.63, 3.8) is 0 Å². The van der Waals surface area contributed by atoms with Gasteiger partial charge in [-0.3, -0.25) is 9.10 Å². The van der Waals surface area contributed by atoms with Crippen LogP contribution in [0.25, 0.3) is 0 Å². The molecular weight excluding hydrogens is 352 g/mol. The maximum absolute atomic E-state index is 12.7. The Labute approximate surface area is 153 Å². The number of amides is 1. The first-order chi connectivity index (χ1) is 12.5. The molecule has 0 unspecified atom stereocenters. The number of nitrogens with zero attached hydrogens (tertiary/aromatic N) is 1. The van der Waals surface area contributed by atoms with E-state index in [1.807, 2.05) is 6.07 Å². The quantitative estimate of drug-likeness (QED) is 0.843. The summed E-state index contributed by atoms with van der Waals surface area (Å²) < 4.78 is 32.1. The smallest absolute Gasteiger partial charge is 0.264 e. The number of hydrogen-bond acceptors (Lipinski definition) is 4. The van der Waals surface area contributed by atoms with Crippen LogP contribution in [-0.4, -0.2) is 40.6 Å². The molecule has 1 atom stereocenters. The average molecular weight is 374 g/mol. The number of benzene rings is 2. The van der Waals surface area contributed by atoms with Crippen LogP contribution in [0, 0.1) is 0 Å². The molecule has 1 N–H and O–H groups in total. The zero-order valence-electron chi connectivity index (χ0n) is 14.6. The minimum Gasteiger partial charge on any atom is -0.376 e. The maximum atomic E-state index is 12.7. The van der Waals surface area contributed by atoms with Crippen molar-refractivity contribution in [1.82, 2.24) is 5.32 Å². The summed E-state index contributed by atoms with van der Waals surface area (Å²) in [6.07, 6.45) is 2.03. The zero-order valence-corrected chi connectivity index (χ0v) is 15.4. The van der Waals surface area contributed by atoms with Crippen molar-refractivity contribution in [2.75, 3.05) is 24.5 Å². The fraction of sp³-hybridized carbons (Fsp3) is 0.316. The molecule has 0 aromatic heterocycles. The Morgan fingerprint density at radius 3 is 2.46 bits per heavy atom. The molecule has 0 bridgehead atoms. The minimum absolute atomic E-state index is 0.0677. The van der Waals surface area contributed by atoms with Gasteiger partial charge < -0.3 is 10.1 Å². The number of anilines is 1. The number of ether oxygens (including phenoxy) is 1. The van der Waals surface area contributed by atoms with Crippen molar-refractivity contribution in [1.29, 1.82) is 0 Å². The molecule has 26 heavy (non-hydrogen) atoms. The highest BCUT2D eigenvalue weighted by Crippen LogP contribution is 2.22. The van der Waals surface area contributed by atoms with E-state index in [1.165, 1.54) is 35.6 Å². The molecule has 2 aromatic carbocycles. The summed E-state index contributed by atoms with van der Waals surface area (Å²) in [4.78, 5) is 12.3. The zero-order chi connectivity index (χ0) is 18.6. The Morgan fingerprint density at radius 1 is 1.15 bits per heavy atom. The monoisotopic (exact) mass is 374 g/mol. The van der Waals surface area contributed by atoms with E-state index >= 15 is 0 Å². The van der Waals surface area contributed by atoms with E-state index in [9.17, 15) is 13.2 Å². The molecular formula is C19H22N2O4S. The first-order valence-corrected chi connectivity index (χ1v) is 9.96. The Hall–Kier alpha value is -2.38. The summed E-state index contributed by atoms with van der Waals surface area (Å²) >= 11 is 0. The van der Waals surface area contributed by atoms with Gasteiger partial charge in [0.15, 0.2) is 0 Å². The molecule has 1 aliphatic heterocycles. The molecule has 2 aromatic rings. The SMILES string of the molecule is CN(c1ccccc1)S(=O)(=O)c1ccc(C(=O)NC[C@@H]2CCCO2)cc1. The first-order valence-electron chi connectivity index (χ1n) is 8.52. The highest BCUT2D eigenvalue weighted by molar-refractivity contribution is 7.92. The number of sulfonamides is 1. The number of para-hydroxylation sites is 1. The number of nitrogens with one attached hydrogen (secondary N) is 1. The number of rotatable bonds is 6. The normalized spacial score (nSPS) is 17.0. The molecule has 3 rings (SSSR count). The Bertz CT molecular complexity index is 845. The van der Waals surface area contributed by atoms with E-state index in [-0.39, 0.29) is 16.9 Å². The predicted molar refractivity (Wildman–Crippen MR) is 99.8 cm³/mol. The second-order valence-corrected chi connectivity index (χ2v) is 8.15. The summed E-state index contributed by atoms with van der Waals surface area (Å²) in [7, 11) is -2.17. The largest absolute Gasteiger partial charge is 0.376 e. The van der Waals surface area contributed by atoms with E-state index < -0.39 is 10.0 Å². The minimum atomic E-state index is -3.68. The van der Waals surface area contributed by atoms with E-state index in [0.29, 0.717) is 17.8 Å². The molecule has 6 nitrogen and oxygen atoms in total. The molecule has 1 amide bonds. The molecule has 1 saturated heterocycles. The first kappa shape index (κ1) is 18.4. The van der Waals surface area contributed by atoms with Gasteiger partial charge in [-0.15, -0.1) is 0 Å². The van der Waals surface area contributed by atoms with Crippen LogP contribution in [0.5, 0.6) is 0 Å². The lowest BCUT2D eigenvalue weighted by Gasteiger charge is -2.19. The second kappa shape index (κ2) is 7.88. The number of hydrogen-bond donors (Lipinski definition) is 1. The van der Waals surface area contributed by atoms with Gasteiger partial charge in [0, 0.05) is 25.8 Å². The Morgan fingerprint density at radius 2 is 1.85 bits per heavy atom. The third kappa shape index (κ3) is 4.05. The van der Waals surface area contributed by atoms with Crippen LogP contribution in [0.2, 0.25) is 0 Å². The topological polar surface area (TPSA) is 75.7 Å². The molecule has 138 valence electrons. The Balaban J connectivity index is 1.69. The summed E-state index contributed by atoms with van der Waals surface area (Å²) in [5.74, 6) is -0.235. The lowest BCUT2D eigenvalue weighted by atomic mass is 10.2. The third-order valence-electron chi connectivity index (χ3n) is 4.41. The summed E-state index contributed by atoms with van der Waals surface area (Å²) in [6.45, 7) is 1.21. The highest BCUT2D eigenvalue weighted by Gasteiger charge is 2.22. The lowest BCUT2D eigenvalue weighted by molar-refractivity contribution is 0.0857. The van der Waals surface area contributed by atoms with Gasteiger partial charge in [-0.1, -0.05) is 18.2 Å². The van der Waals surface area contributed by atoms with Gasteiger partial charge in [0.1, 0.15) is 0 Å². The van der Waals surface area contributed by atoms with Crippen molar-refractivity contribution in [3.8, 4) is 0 Å². The van der Waals surface area contributed by atoms with Gasteiger partial charge in [0.05, 0.1) is 16.7 Å². The molecule has 0 saturated carbocycles. The number of carbonyl (C=O) groups is 1. The Kier molecular flexibility index (Phi) is 5.58. The van der Waals surface area contributed by atoms with Crippen molar-refractivity contribution < 1.29 is 17.9 Å². The molecule has 1 aliphatic rings. The predicted octanol–water partition coefficient (Wildman–Crippen LogP) is 2.42. The van der Waals surface area contributed by atoms with Gasteiger partial charge in [-0.05, 0) is 49.2 Å². The summed E-state index contributed by atoms with van der Waals surface area (Å²) in [5, 5.41) is 2.82. The molecule has 1 fully saturated rings. The van der Waals surface area contributed by atoms with Crippen LogP contribution in [0.4, 0.5) is 5.69 Å². The fourth-order valence-electron chi connectivity index (χ4n) is 2.83. The van der Waals surface area contributed by atoms with Crippen molar-refractivity contribution in [2.45, 2.75) is 23.8 Å². The van der Waals surface area contributed by atoms with Crippen LogP contribution in [0.15, 0.2) is 59.5 Å². The lowest BCUT2D eigenvalue weighted by Crippen LogP contribution is -2.31. The molecule has 0 spiro atoms. The molecule has 1 heterocycles. The second-order valence-electron chi connectivity index (χ2n) is 6.18. The third-order valence-corrected chi connectivity index (χ3v) is 6.21. The fourth-order valence-corrected chi connectivity index (χ4v) is 4.02. The van der Waals surface area contributed by atoms with Gasteiger partial charge in [-0.2, -0.15) is 0 Å². The maximum Gasteiger partial charge on any atom is 0.264 e. The van der Waals surface area contributed by atoms with Crippen LogP contribution in [0.3, 0.4) is 0 Å². The van der Waals surface area contributed by atoms with Crippen molar-refractivity contribution in [2.24, 2.45) is 0 Å². The van der Waals surface area contributed by atoms with Crippen molar-refractivity contribution >= 4 is 21.6 Å². The van der Waals surface area contributed by atoms with Gasteiger partial charge in [-0.25, -0.2) is 8.42 Å². The molecule has 0 aliphatic carbocycles. The van der Waals surface area contributed by atoms with E-state index in [2.05, 4.69) is 5.32 Å². The van der Waals surface area contributed by atoms with E-state index in [4.69, 9.17) is 4.74 Å². The summed E-state index contributed by atoms with van der Waals surface area (Å²) in [5.41, 5.74) is 0.996. The van der Waals surface area contributed by atoms with Crippen LogP contribution in [0.1, 0.15) is 23.2 Å². The van der Waals surface area contributed by atoms with Crippen molar-refractivity contribution in [3.05, 3.63) is 60.2 Å².